The number of fused-ring (bicyclic) bond motifs is 1. The molecule has 7 nitrogen and oxygen atoms in total. The Morgan fingerprint density at radius 3 is 2.62 bits per heavy atom. The van der Waals surface area contributed by atoms with Crippen LogP contribution in [0.2, 0.25) is 0 Å². The minimum Gasteiger partial charge on any atom is -0.462 e. The summed E-state index contributed by atoms with van der Waals surface area (Å²) in [5, 5.41) is 3.81. The maximum absolute atomic E-state index is 13.1. The molecular formula is C23H21N3O4S2. The van der Waals surface area contributed by atoms with Crippen molar-refractivity contribution in [2.45, 2.75) is 27.3 Å². The Bertz CT molecular complexity index is 1370. The Hall–Kier alpha value is -3.30. The van der Waals surface area contributed by atoms with E-state index in [0.717, 1.165) is 32.9 Å². The van der Waals surface area contributed by atoms with Crippen molar-refractivity contribution in [3.63, 3.8) is 0 Å². The number of aromatic nitrogens is 2. The molecule has 0 radical (unpaired) electrons. The summed E-state index contributed by atoms with van der Waals surface area (Å²) in [6.07, 6.45) is 1.40. The van der Waals surface area contributed by atoms with E-state index in [1.54, 1.807) is 19.9 Å². The van der Waals surface area contributed by atoms with Crippen LogP contribution < -0.4 is 10.9 Å². The van der Waals surface area contributed by atoms with E-state index in [1.165, 1.54) is 22.2 Å². The number of hydrogen-bond acceptors (Lipinski definition) is 7. The van der Waals surface area contributed by atoms with Crippen molar-refractivity contribution >= 4 is 49.8 Å². The molecule has 0 aliphatic heterocycles. The lowest BCUT2D eigenvalue weighted by Gasteiger charge is -2.06. The Morgan fingerprint density at radius 1 is 1.16 bits per heavy atom. The van der Waals surface area contributed by atoms with Crippen LogP contribution in [0.1, 0.15) is 27.7 Å². The molecule has 0 bridgehead atoms. The number of nitrogens with zero attached hydrogens (tertiary/aromatic N) is 2. The topological polar surface area (TPSA) is 90.3 Å². The second kappa shape index (κ2) is 9.05. The lowest BCUT2D eigenvalue weighted by Crippen LogP contribution is -2.27. The zero-order valence-corrected chi connectivity index (χ0v) is 19.4. The van der Waals surface area contributed by atoms with Crippen molar-refractivity contribution in [2.24, 2.45) is 0 Å². The molecule has 1 aromatic carbocycles. The number of aryl methyl sites for hydroxylation is 2. The van der Waals surface area contributed by atoms with Gasteiger partial charge in [-0.2, -0.15) is 0 Å². The highest BCUT2D eigenvalue weighted by Crippen LogP contribution is 2.35. The van der Waals surface area contributed by atoms with Gasteiger partial charge >= 0.3 is 5.97 Å². The number of anilines is 1. The van der Waals surface area contributed by atoms with Crippen molar-refractivity contribution in [2.75, 3.05) is 11.9 Å². The zero-order valence-electron chi connectivity index (χ0n) is 17.8. The molecule has 32 heavy (non-hydrogen) atoms. The highest BCUT2D eigenvalue weighted by atomic mass is 32.1. The minimum absolute atomic E-state index is 0.177. The van der Waals surface area contributed by atoms with E-state index in [-0.39, 0.29) is 24.6 Å². The molecule has 164 valence electrons. The van der Waals surface area contributed by atoms with Gasteiger partial charge in [0.1, 0.15) is 16.3 Å². The summed E-state index contributed by atoms with van der Waals surface area (Å²) in [6, 6.07) is 11.6. The fraction of sp³-hybridized carbons (Fsp3) is 0.217. The van der Waals surface area contributed by atoms with Gasteiger partial charge in [-0.3, -0.25) is 14.2 Å². The molecular weight excluding hydrogens is 446 g/mol. The number of thiophene rings is 2. The predicted octanol–water partition coefficient (Wildman–Crippen LogP) is 4.62. The van der Waals surface area contributed by atoms with E-state index >= 15 is 0 Å². The van der Waals surface area contributed by atoms with Gasteiger partial charge in [0, 0.05) is 4.88 Å². The molecule has 0 aliphatic rings. The van der Waals surface area contributed by atoms with Crippen LogP contribution in [0.5, 0.6) is 0 Å². The first kappa shape index (κ1) is 21.9. The average Bonchev–Trinajstić information content (AvgIpc) is 3.30. The molecule has 9 heteroatoms. The van der Waals surface area contributed by atoms with E-state index in [2.05, 4.69) is 10.3 Å². The number of amides is 1. The summed E-state index contributed by atoms with van der Waals surface area (Å²) < 4.78 is 6.33. The first-order valence-corrected chi connectivity index (χ1v) is 11.6. The van der Waals surface area contributed by atoms with Gasteiger partial charge < -0.3 is 10.1 Å². The van der Waals surface area contributed by atoms with Gasteiger partial charge in [-0.1, -0.05) is 30.3 Å². The Morgan fingerprint density at radius 2 is 1.91 bits per heavy atom. The SMILES string of the molecule is CCOC(=O)c1sc(NC(=O)Cn2cnc3sc(-c4ccccc4)c(C)c3c2=O)cc1C. The van der Waals surface area contributed by atoms with Gasteiger partial charge in [-0.25, -0.2) is 9.78 Å². The van der Waals surface area contributed by atoms with Crippen LogP contribution in [-0.2, 0) is 16.1 Å². The first-order valence-electron chi connectivity index (χ1n) is 10.0. The molecule has 3 heterocycles. The van der Waals surface area contributed by atoms with Crippen LogP contribution in [0.25, 0.3) is 20.7 Å². The standard InChI is InChI=1S/C23H21N3O4S2/c1-4-30-23(29)19-13(2)10-17(31-19)25-16(27)11-26-12-24-21-18(22(26)28)14(3)20(32-21)15-8-6-5-7-9-15/h5-10,12H,4,11H2,1-3H3,(H,25,27). The summed E-state index contributed by atoms with van der Waals surface area (Å²) >= 11 is 2.61. The Labute approximate surface area is 192 Å². The summed E-state index contributed by atoms with van der Waals surface area (Å²) in [5.41, 5.74) is 2.36. The Kier molecular flexibility index (Phi) is 6.20. The van der Waals surface area contributed by atoms with Crippen molar-refractivity contribution in [3.05, 3.63) is 69.1 Å². The summed E-state index contributed by atoms with van der Waals surface area (Å²) in [6.45, 7) is 5.53. The van der Waals surface area contributed by atoms with E-state index in [9.17, 15) is 14.4 Å². The van der Waals surface area contributed by atoms with E-state index < -0.39 is 5.97 Å². The third kappa shape index (κ3) is 4.21. The zero-order chi connectivity index (χ0) is 22.8. The van der Waals surface area contributed by atoms with Crippen LogP contribution in [0.3, 0.4) is 0 Å². The average molecular weight is 468 g/mol. The smallest absolute Gasteiger partial charge is 0.348 e. The number of esters is 1. The lowest BCUT2D eigenvalue weighted by molar-refractivity contribution is -0.116. The quantitative estimate of drug-likeness (QED) is 0.418. The van der Waals surface area contributed by atoms with Gasteiger partial charge in [0.05, 0.1) is 23.3 Å². The molecule has 3 aromatic heterocycles. The summed E-state index contributed by atoms with van der Waals surface area (Å²) in [5.74, 6) is -0.787. The molecule has 0 aliphatic carbocycles. The first-order chi connectivity index (χ1) is 15.4. The summed E-state index contributed by atoms with van der Waals surface area (Å²) in [4.78, 5) is 44.2. The maximum atomic E-state index is 13.1. The van der Waals surface area contributed by atoms with E-state index in [0.29, 0.717) is 20.1 Å². The molecule has 1 amide bonds. The van der Waals surface area contributed by atoms with Crippen LogP contribution >= 0.6 is 22.7 Å². The number of carbonyl (C=O) groups is 2. The normalized spacial score (nSPS) is 11.0. The fourth-order valence-electron chi connectivity index (χ4n) is 3.41. The van der Waals surface area contributed by atoms with E-state index in [4.69, 9.17) is 4.74 Å². The molecule has 0 fully saturated rings. The van der Waals surface area contributed by atoms with Crippen LogP contribution in [0, 0.1) is 13.8 Å². The number of carbonyl (C=O) groups excluding carboxylic acids is 2. The van der Waals surface area contributed by atoms with Crippen LogP contribution in [-0.4, -0.2) is 28.0 Å². The third-order valence-corrected chi connectivity index (χ3v) is 7.29. The van der Waals surface area contributed by atoms with Gasteiger partial charge in [0.15, 0.2) is 0 Å². The minimum atomic E-state index is -0.413. The maximum Gasteiger partial charge on any atom is 0.348 e. The van der Waals surface area contributed by atoms with Crippen molar-refractivity contribution in [1.29, 1.82) is 0 Å². The molecule has 4 aromatic rings. The second-order valence-corrected chi connectivity index (χ2v) is 9.22. The number of benzene rings is 1. The molecule has 0 saturated carbocycles. The molecule has 1 N–H and O–H groups in total. The van der Waals surface area contributed by atoms with E-state index in [1.807, 2.05) is 37.3 Å². The van der Waals surface area contributed by atoms with Crippen molar-refractivity contribution in [1.82, 2.24) is 9.55 Å². The highest BCUT2D eigenvalue weighted by molar-refractivity contribution is 7.22. The third-order valence-electron chi connectivity index (χ3n) is 4.91. The van der Waals surface area contributed by atoms with Gasteiger partial charge in [0.25, 0.3) is 5.56 Å². The summed E-state index contributed by atoms with van der Waals surface area (Å²) in [7, 11) is 0. The van der Waals surface area contributed by atoms with Crippen molar-refractivity contribution < 1.29 is 14.3 Å². The predicted molar refractivity (Wildman–Crippen MR) is 128 cm³/mol. The molecule has 0 saturated heterocycles. The van der Waals surface area contributed by atoms with Gasteiger partial charge in [-0.15, -0.1) is 22.7 Å². The molecule has 0 atom stereocenters. The number of hydrogen-bond donors (Lipinski definition) is 1. The highest BCUT2D eigenvalue weighted by Gasteiger charge is 2.18. The number of ether oxygens (including phenoxy) is 1. The van der Waals surface area contributed by atoms with Crippen molar-refractivity contribution in [3.8, 4) is 10.4 Å². The van der Waals surface area contributed by atoms with Crippen LogP contribution in [0.15, 0.2) is 47.5 Å². The Balaban J connectivity index is 1.57. The second-order valence-electron chi connectivity index (χ2n) is 7.17. The van der Waals surface area contributed by atoms with Gasteiger partial charge in [-0.05, 0) is 43.5 Å². The molecule has 0 unspecified atom stereocenters. The van der Waals surface area contributed by atoms with Gasteiger partial charge in [0.2, 0.25) is 5.91 Å². The number of nitrogens with one attached hydrogen (secondary N) is 1. The molecule has 4 rings (SSSR count). The van der Waals surface area contributed by atoms with Crippen LogP contribution in [0.4, 0.5) is 5.00 Å². The molecule has 0 spiro atoms. The largest absolute Gasteiger partial charge is 0.462 e. The fourth-order valence-corrected chi connectivity index (χ4v) is 5.54. The lowest BCUT2D eigenvalue weighted by atomic mass is 10.1. The number of rotatable bonds is 6. The monoisotopic (exact) mass is 467 g/mol.